The minimum Gasteiger partial charge on any atom is -0.469 e. The molecule has 2 unspecified atom stereocenters. The number of carbonyl (C=O) groups excluding carboxylic acids is 2. The van der Waals surface area contributed by atoms with Crippen LogP contribution in [-0.2, 0) is 9.53 Å². The van der Waals surface area contributed by atoms with Gasteiger partial charge in [0, 0.05) is 17.3 Å². The van der Waals surface area contributed by atoms with Crippen LogP contribution in [0, 0.1) is 6.92 Å². The predicted octanol–water partition coefficient (Wildman–Crippen LogP) is 3.69. The highest BCUT2D eigenvalue weighted by Gasteiger charge is 2.37. The molecule has 0 spiro atoms. The number of fused-ring (bicyclic) bond motifs is 1. The van der Waals surface area contributed by atoms with E-state index < -0.39 is 0 Å². The van der Waals surface area contributed by atoms with Crippen LogP contribution in [0.4, 0.5) is 5.69 Å². The molecule has 0 saturated heterocycles. The van der Waals surface area contributed by atoms with Crippen LogP contribution in [0.1, 0.15) is 40.7 Å². The summed E-state index contributed by atoms with van der Waals surface area (Å²) < 4.78 is 4.95. The molecule has 24 heavy (non-hydrogen) atoms. The quantitative estimate of drug-likeness (QED) is 0.792. The number of esters is 1. The Balaban J connectivity index is 2.03. The van der Waals surface area contributed by atoms with Crippen LogP contribution in [0.25, 0.3) is 0 Å². The molecule has 0 bridgehead atoms. The fraction of sp³-hybridized carbons (Fsp3) is 0.300. The Labute approximate surface area is 142 Å². The van der Waals surface area contributed by atoms with Gasteiger partial charge in [0.25, 0.3) is 5.91 Å². The number of carbonyl (C=O) groups is 2. The fourth-order valence-corrected chi connectivity index (χ4v) is 3.32. The first-order valence-corrected chi connectivity index (χ1v) is 8.10. The molecule has 4 heteroatoms. The van der Waals surface area contributed by atoms with Crippen molar-refractivity contribution in [2.45, 2.75) is 32.2 Å². The summed E-state index contributed by atoms with van der Waals surface area (Å²) in [6.45, 7) is 3.96. The monoisotopic (exact) mass is 323 g/mol. The molecule has 1 heterocycles. The number of nitrogens with zero attached hydrogens (tertiary/aromatic N) is 1. The maximum absolute atomic E-state index is 13.0. The van der Waals surface area contributed by atoms with Crippen molar-refractivity contribution >= 4 is 17.6 Å². The van der Waals surface area contributed by atoms with Gasteiger partial charge in [-0.05, 0) is 44.0 Å². The maximum atomic E-state index is 13.0. The number of rotatable bonds is 2. The molecule has 2 aromatic carbocycles. The molecular formula is C20H21NO3. The second-order valence-electron chi connectivity index (χ2n) is 6.26. The van der Waals surface area contributed by atoms with Crippen molar-refractivity contribution in [2.75, 3.05) is 12.0 Å². The number of para-hydroxylation sites is 1. The minimum atomic E-state index is -0.330. The summed E-state index contributed by atoms with van der Waals surface area (Å²) in [5.74, 6) is -0.627. The Morgan fingerprint density at radius 3 is 2.42 bits per heavy atom. The topological polar surface area (TPSA) is 46.6 Å². The van der Waals surface area contributed by atoms with Gasteiger partial charge >= 0.3 is 5.97 Å². The van der Waals surface area contributed by atoms with Crippen LogP contribution in [0.5, 0.6) is 0 Å². The van der Waals surface area contributed by atoms with Crippen LogP contribution >= 0.6 is 0 Å². The predicted molar refractivity (Wildman–Crippen MR) is 93.3 cm³/mol. The molecule has 1 aliphatic heterocycles. The van der Waals surface area contributed by atoms with Crippen LogP contribution in [0.15, 0.2) is 48.5 Å². The molecule has 0 aromatic heterocycles. The molecule has 0 radical (unpaired) electrons. The summed E-state index contributed by atoms with van der Waals surface area (Å²) in [7, 11) is 1.40. The van der Waals surface area contributed by atoms with E-state index in [0.717, 1.165) is 16.8 Å². The second kappa shape index (κ2) is 6.48. The van der Waals surface area contributed by atoms with Crippen molar-refractivity contribution in [2.24, 2.45) is 0 Å². The van der Waals surface area contributed by atoms with Gasteiger partial charge in [0.2, 0.25) is 0 Å². The molecule has 0 saturated carbocycles. The van der Waals surface area contributed by atoms with Crippen molar-refractivity contribution in [1.29, 1.82) is 0 Å². The van der Waals surface area contributed by atoms with Crippen molar-refractivity contribution in [3.8, 4) is 0 Å². The summed E-state index contributed by atoms with van der Waals surface area (Å²) in [6, 6.07) is 15.1. The van der Waals surface area contributed by atoms with E-state index in [4.69, 9.17) is 4.74 Å². The smallest absolute Gasteiger partial charge is 0.313 e. The van der Waals surface area contributed by atoms with Gasteiger partial charge in [0.15, 0.2) is 0 Å². The Hall–Kier alpha value is -2.62. The number of methoxy groups -OCH3 is 1. The molecule has 2 aromatic rings. The van der Waals surface area contributed by atoms with Crippen molar-refractivity contribution in [1.82, 2.24) is 0 Å². The van der Waals surface area contributed by atoms with Crippen molar-refractivity contribution in [3.05, 3.63) is 65.2 Å². The van der Waals surface area contributed by atoms with Crippen LogP contribution in [0.3, 0.4) is 0 Å². The summed E-state index contributed by atoms with van der Waals surface area (Å²) in [6.07, 6.45) is 0.557. The van der Waals surface area contributed by atoms with Gasteiger partial charge < -0.3 is 9.64 Å². The Bertz CT molecular complexity index is 767. The van der Waals surface area contributed by atoms with Crippen LogP contribution in [0.2, 0.25) is 0 Å². The lowest BCUT2D eigenvalue weighted by atomic mass is 9.85. The second-order valence-corrected chi connectivity index (χ2v) is 6.26. The van der Waals surface area contributed by atoms with Gasteiger partial charge in [-0.1, -0.05) is 35.9 Å². The summed E-state index contributed by atoms with van der Waals surface area (Å²) in [4.78, 5) is 27.0. The molecular weight excluding hydrogens is 302 g/mol. The lowest BCUT2D eigenvalue weighted by Gasteiger charge is -2.38. The Kier molecular flexibility index (Phi) is 4.38. The average Bonchev–Trinajstić information content (AvgIpc) is 2.60. The summed E-state index contributed by atoms with van der Waals surface area (Å²) >= 11 is 0. The van der Waals surface area contributed by atoms with Crippen LogP contribution in [-0.4, -0.2) is 25.0 Å². The largest absolute Gasteiger partial charge is 0.469 e. The summed E-state index contributed by atoms with van der Waals surface area (Å²) in [5.41, 5.74) is 3.41. The molecule has 4 nitrogen and oxygen atoms in total. The van der Waals surface area contributed by atoms with E-state index in [-0.39, 0.29) is 23.8 Å². The van der Waals surface area contributed by atoms with E-state index >= 15 is 0 Å². The van der Waals surface area contributed by atoms with E-state index in [1.807, 2.05) is 62.4 Å². The fourth-order valence-electron chi connectivity index (χ4n) is 3.32. The van der Waals surface area contributed by atoms with Crippen LogP contribution < -0.4 is 4.90 Å². The van der Waals surface area contributed by atoms with Gasteiger partial charge in [-0.25, -0.2) is 0 Å². The lowest BCUT2D eigenvalue weighted by molar-refractivity contribution is -0.142. The molecule has 0 N–H and O–H groups in total. The van der Waals surface area contributed by atoms with E-state index in [0.29, 0.717) is 12.0 Å². The number of anilines is 1. The lowest BCUT2D eigenvalue weighted by Crippen LogP contribution is -2.44. The molecule has 1 amide bonds. The van der Waals surface area contributed by atoms with Gasteiger partial charge in [-0.3, -0.25) is 9.59 Å². The molecule has 2 atom stereocenters. The average molecular weight is 323 g/mol. The number of aryl methyl sites for hydroxylation is 1. The summed E-state index contributed by atoms with van der Waals surface area (Å²) in [5, 5.41) is 0. The zero-order chi connectivity index (χ0) is 17.3. The standard InChI is InChI=1S/C20H21NO3/c1-13-8-10-15(11-9-13)19(22)21-14(2)12-17(20(23)24-3)16-6-4-5-7-18(16)21/h4-11,14,17H,12H2,1-3H3. The van der Waals surface area contributed by atoms with E-state index in [2.05, 4.69) is 0 Å². The molecule has 124 valence electrons. The third-order valence-corrected chi connectivity index (χ3v) is 4.59. The molecule has 3 rings (SSSR count). The van der Waals surface area contributed by atoms with Crippen molar-refractivity contribution in [3.63, 3.8) is 0 Å². The third-order valence-electron chi connectivity index (χ3n) is 4.59. The van der Waals surface area contributed by atoms with E-state index in [1.54, 1.807) is 4.90 Å². The number of hydrogen-bond acceptors (Lipinski definition) is 3. The SMILES string of the molecule is COC(=O)C1CC(C)N(C(=O)c2ccc(C)cc2)c2ccccc21. The van der Waals surface area contributed by atoms with E-state index in [1.165, 1.54) is 7.11 Å². The van der Waals surface area contributed by atoms with Gasteiger partial charge in [-0.2, -0.15) is 0 Å². The van der Waals surface area contributed by atoms with E-state index in [9.17, 15) is 9.59 Å². The number of ether oxygens (including phenoxy) is 1. The highest BCUT2D eigenvalue weighted by atomic mass is 16.5. The number of benzene rings is 2. The maximum Gasteiger partial charge on any atom is 0.313 e. The normalized spacial score (nSPS) is 19.5. The number of amides is 1. The number of hydrogen-bond donors (Lipinski definition) is 0. The highest BCUT2D eigenvalue weighted by molar-refractivity contribution is 6.07. The van der Waals surface area contributed by atoms with Gasteiger partial charge in [-0.15, -0.1) is 0 Å². The first kappa shape index (κ1) is 16.2. The molecule has 0 fully saturated rings. The van der Waals surface area contributed by atoms with Crippen molar-refractivity contribution < 1.29 is 14.3 Å². The first-order valence-electron chi connectivity index (χ1n) is 8.10. The zero-order valence-corrected chi connectivity index (χ0v) is 14.2. The highest BCUT2D eigenvalue weighted by Crippen LogP contribution is 2.39. The molecule has 0 aliphatic carbocycles. The van der Waals surface area contributed by atoms with Gasteiger partial charge in [0.1, 0.15) is 0 Å². The molecule has 1 aliphatic rings. The first-order chi connectivity index (χ1) is 11.5. The van der Waals surface area contributed by atoms with Gasteiger partial charge in [0.05, 0.1) is 13.0 Å². The minimum absolute atomic E-state index is 0.0433. The third kappa shape index (κ3) is 2.80. The Morgan fingerprint density at radius 2 is 1.75 bits per heavy atom. The Morgan fingerprint density at radius 1 is 1.08 bits per heavy atom. The zero-order valence-electron chi connectivity index (χ0n) is 14.2.